The minimum atomic E-state index is -4.62. The molecular formula is C39H47F4N5O8S. The average molecular weight is 822 g/mol. The molecule has 2 bridgehead atoms. The predicted molar refractivity (Wildman–Crippen MR) is 198 cm³/mol. The normalized spacial score (nSPS) is 23.9. The highest BCUT2D eigenvalue weighted by Crippen LogP contribution is 2.53. The number of halogens is 4. The number of carbonyl (C=O) groups is 3. The smallest absolute Gasteiger partial charge is 0.425 e. The number of benzene rings is 2. The van der Waals surface area contributed by atoms with Gasteiger partial charge in [0.2, 0.25) is 5.89 Å². The molecule has 2 atom stereocenters. The van der Waals surface area contributed by atoms with Crippen LogP contribution in [0.4, 0.5) is 28.0 Å². The molecule has 310 valence electrons. The van der Waals surface area contributed by atoms with Crippen LogP contribution < -0.4 is 20.3 Å². The summed E-state index contributed by atoms with van der Waals surface area (Å²) in [6.45, 7) is 11.2. The molecule has 13 nitrogen and oxygen atoms in total. The third kappa shape index (κ3) is 8.89. The molecule has 0 saturated heterocycles. The lowest BCUT2D eigenvalue weighted by Crippen LogP contribution is -2.58. The first-order valence-corrected chi connectivity index (χ1v) is 20.3. The first-order valence-electron chi connectivity index (χ1n) is 18.7. The van der Waals surface area contributed by atoms with Crippen LogP contribution in [0.2, 0.25) is 0 Å². The second-order valence-corrected chi connectivity index (χ2v) is 19.3. The SMILES string of the molecule is C[C@@H](Oc1ccc(CN2C(=O)[C@@H](NC(=O)OC(C)(C)C)CS(=O)(=O)c3cc(F)c(C(=O)NC45CCC(c6nc(C(C)(C)C)no6)(CC4)CC5)cc32)cc1)C(F)(F)F. The summed E-state index contributed by atoms with van der Waals surface area (Å²) < 4.78 is 99.0. The number of carbonyl (C=O) groups excluding carboxylic acids is 3. The molecule has 3 saturated carbocycles. The van der Waals surface area contributed by atoms with Gasteiger partial charge in [-0.05, 0) is 96.0 Å². The van der Waals surface area contributed by atoms with Crippen LogP contribution in [-0.2, 0) is 36.7 Å². The molecular weight excluding hydrogens is 775 g/mol. The topological polar surface area (TPSA) is 170 Å². The lowest BCUT2D eigenvalue weighted by Gasteiger charge is -2.52. The van der Waals surface area contributed by atoms with E-state index in [9.17, 15) is 36.0 Å². The Balaban J connectivity index is 1.30. The van der Waals surface area contributed by atoms with E-state index in [0.29, 0.717) is 61.9 Å². The summed E-state index contributed by atoms with van der Waals surface area (Å²) >= 11 is 0. The Labute approximate surface area is 328 Å². The van der Waals surface area contributed by atoms with Crippen molar-refractivity contribution in [3.63, 3.8) is 0 Å². The van der Waals surface area contributed by atoms with Crippen molar-refractivity contribution in [2.45, 2.75) is 139 Å². The Hall–Kier alpha value is -4.74. The van der Waals surface area contributed by atoms with Gasteiger partial charge in [0.15, 0.2) is 21.8 Å². The van der Waals surface area contributed by atoms with Crippen molar-refractivity contribution >= 4 is 33.4 Å². The van der Waals surface area contributed by atoms with E-state index < -0.39 is 79.2 Å². The van der Waals surface area contributed by atoms with Gasteiger partial charge in [-0.15, -0.1) is 0 Å². The molecule has 3 amide bonds. The van der Waals surface area contributed by atoms with Crippen molar-refractivity contribution in [1.29, 1.82) is 0 Å². The van der Waals surface area contributed by atoms with Gasteiger partial charge in [0, 0.05) is 16.4 Å². The molecule has 0 spiro atoms. The van der Waals surface area contributed by atoms with Gasteiger partial charge in [0.05, 0.1) is 28.4 Å². The van der Waals surface area contributed by atoms with Gasteiger partial charge >= 0.3 is 12.3 Å². The zero-order valence-corrected chi connectivity index (χ0v) is 33.6. The number of fused-ring (bicyclic) bond motifs is 4. The summed E-state index contributed by atoms with van der Waals surface area (Å²) in [5.41, 5.74) is -2.85. The van der Waals surface area contributed by atoms with E-state index >= 15 is 4.39 Å². The number of hydrogen-bond acceptors (Lipinski definition) is 10. The maximum absolute atomic E-state index is 16.0. The van der Waals surface area contributed by atoms with E-state index in [1.54, 1.807) is 20.8 Å². The number of sulfone groups is 1. The Morgan fingerprint density at radius 3 is 2.16 bits per heavy atom. The van der Waals surface area contributed by atoms with Crippen molar-refractivity contribution in [2.75, 3.05) is 10.7 Å². The fourth-order valence-electron chi connectivity index (χ4n) is 7.45. The van der Waals surface area contributed by atoms with Gasteiger partial charge in [-0.25, -0.2) is 17.6 Å². The molecule has 2 heterocycles. The maximum Gasteiger partial charge on any atom is 0.425 e. The standard InChI is InChI=1S/C39H47F4N5O8S/c1-22(39(41,42)43)54-24-10-8-23(9-11-24)20-48-28-18-25(26(40)19-29(28)57(52,53)21-27(31(48)50)44-34(51)55-36(5,6)7)30(49)46-38-15-12-37(13-16-38,14-17-38)33-45-32(47-56-33)35(2,3)4/h8-11,18-19,22,27H,12-17,20-21H2,1-7H3,(H,44,51)(H,46,49)/t22-,27+,37?,38?/m1/s1. The minimum absolute atomic E-state index is 0.118. The van der Waals surface area contributed by atoms with E-state index in [2.05, 4.69) is 15.8 Å². The zero-order chi connectivity index (χ0) is 41.9. The second-order valence-electron chi connectivity index (χ2n) is 17.3. The van der Waals surface area contributed by atoms with Crippen LogP contribution in [0.1, 0.15) is 115 Å². The number of alkyl halides is 3. The number of ether oxygens (including phenoxy) is 2. The molecule has 18 heteroatoms. The van der Waals surface area contributed by atoms with Crippen LogP contribution in [0.3, 0.4) is 0 Å². The number of anilines is 1. The summed E-state index contributed by atoms with van der Waals surface area (Å²) in [6.07, 6.45) is -4.28. The van der Waals surface area contributed by atoms with Crippen molar-refractivity contribution < 1.29 is 54.4 Å². The Bertz CT molecular complexity index is 2130. The van der Waals surface area contributed by atoms with E-state index in [4.69, 9.17) is 19.0 Å². The number of nitrogens with one attached hydrogen (secondary N) is 2. The predicted octanol–water partition coefficient (Wildman–Crippen LogP) is 6.82. The largest absolute Gasteiger partial charge is 0.481 e. The molecule has 1 aliphatic heterocycles. The molecule has 1 aromatic heterocycles. The molecule has 4 aliphatic rings. The fraction of sp³-hybridized carbons (Fsp3) is 0.564. The number of amides is 3. The molecule has 57 heavy (non-hydrogen) atoms. The highest BCUT2D eigenvalue weighted by Gasteiger charge is 2.53. The van der Waals surface area contributed by atoms with Crippen LogP contribution in [0, 0.1) is 5.82 Å². The van der Waals surface area contributed by atoms with Crippen molar-refractivity contribution in [1.82, 2.24) is 20.8 Å². The van der Waals surface area contributed by atoms with Crippen LogP contribution in [0.5, 0.6) is 5.75 Å². The molecule has 3 aliphatic carbocycles. The summed E-state index contributed by atoms with van der Waals surface area (Å²) in [7, 11) is -4.50. The van der Waals surface area contributed by atoms with Gasteiger partial charge in [-0.2, -0.15) is 18.2 Å². The third-order valence-electron chi connectivity index (χ3n) is 10.8. The van der Waals surface area contributed by atoms with Crippen LogP contribution in [0.25, 0.3) is 0 Å². The number of nitrogens with zero attached hydrogens (tertiary/aromatic N) is 3. The maximum atomic E-state index is 16.0. The van der Waals surface area contributed by atoms with Crippen LogP contribution in [-0.4, -0.2) is 71.7 Å². The monoisotopic (exact) mass is 821 g/mol. The summed E-state index contributed by atoms with van der Waals surface area (Å²) in [4.78, 5) is 46.1. The van der Waals surface area contributed by atoms with E-state index in [1.807, 2.05) is 20.8 Å². The van der Waals surface area contributed by atoms with Gasteiger partial charge in [-0.3, -0.25) is 9.59 Å². The van der Waals surface area contributed by atoms with Crippen molar-refractivity contribution in [3.8, 4) is 5.75 Å². The lowest BCUT2D eigenvalue weighted by atomic mass is 9.57. The lowest BCUT2D eigenvalue weighted by molar-refractivity contribution is -0.189. The van der Waals surface area contributed by atoms with Gasteiger partial charge in [0.1, 0.15) is 23.2 Å². The number of hydrogen-bond donors (Lipinski definition) is 2. The first kappa shape index (κ1) is 41.9. The second kappa shape index (κ2) is 14.6. The van der Waals surface area contributed by atoms with Crippen LogP contribution in [0.15, 0.2) is 45.8 Å². The summed E-state index contributed by atoms with van der Waals surface area (Å²) in [5, 5.41) is 9.53. The van der Waals surface area contributed by atoms with E-state index in [1.165, 1.54) is 24.3 Å². The number of alkyl carbamates (subject to hydrolysis) is 1. The molecule has 0 radical (unpaired) electrons. The van der Waals surface area contributed by atoms with Crippen molar-refractivity contribution in [3.05, 3.63) is 65.1 Å². The molecule has 3 fully saturated rings. The molecule has 0 unspecified atom stereocenters. The Morgan fingerprint density at radius 2 is 1.61 bits per heavy atom. The molecule has 3 aromatic rings. The third-order valence-corrected chi connectivity index (χ3v) is 12.5. The Kier molecular flexibility index (Phi) is 10.7. The molecule has 2 aromatic carbocycles. The minimum Gasteiger partial charge on any atom is -0.481 e. The van der Waals surface area contributed by atoms with Gasteiger partial charge in [-0.1, -0.05) is 38.1 Å². The van der Waals surface area contributed by atoms with Gasteiger partial charge in [0.25, 0.3) is 11.8 Å². The number of aromatic nitrogens is 2. The quantitative estimate of drug-likeness (QED) is 0.230. The average Bonchev–Trinajstić information content (AvgIpc) is 3.61. The Morgan fingerprint density at radius 1 is 1.00 bits per heavy atom. The number of rotatable bonds is 8. The van der Waals surface area contributed by atoms with Gasteiger partial charge < -0.3 is 29.5 Å². The summed E-state index contributed by atoms with van der Waals surface area (Å²) in [5.74, 6) is -2.78. The van der Waals surface area contributed by atoms with E-state index in [-0.39, 0.29) is 28.8 Å². The molecule has 2 N–H and O–H groups in total. The summed E-state index contributed by atoms with van der Waals surface area (Å²) in [6, 6.07) is 5.26. The fourth-order valence-corrected chi connectivity index (χ4v) is 9.07. The highest BCUT2D eigenvalue weighted by atomic mass is 32.2. The molecule has 7 rings (SSSR count). The van der Waals surface area contributed by atoms with Crippen molar-refractivity contribution in [2.24, 2.45) is 0 Å². The van der Waals surface area contributed by atoms with E-state index in [0.717, 1.165) is 17.9 Å². The zero-order valence-electron chi connectivity index (χ0n) is 32.8. The highest BCUT2D eigenvalue weighted by molar-refractivity contribution is 7.91. The van der Waals surface area contributed by atoms with Crippen LogP contribution >= 0.6 is 0 Å². The first-order chi connectivity index (χ1) is 26.3.